The molecular formula is C11H18BrN3. The summed E-state index contributed by atoms with van der Waals surface area (Å²) >= 11 is 3.52. The van der Waals surface area contributed by atoms with Gasteiger partial charge in [0.25, 0.3) is 0 Å². The topological polar surface area (TPSA) is 20.2 Å². The van der Waals surface area contributed by atoms with E-state index < -0.39 is 0 Å². The minimum atomic E-state index is 1.14. The average molecular weight is 272 g/mol. The van der Waals surface area contributed by atoms with Gasteiger partial charge < -0.3 is 14.8 Å². The lowest BCUT2D eigenvalue weighted by atomic mass is 10.2. The molecule has 3 nitrogen and oxygen atoms in total. The van der Waals surface area contributed by atoms with Gasteiger partial charge in [0, 0.05) is 46.0 Å². The van der Waals surface area contributed by atoms with Crippen LogP contribution in [0, 0.1) is 0 Å². The van der Waals surface area contributed by atoms with Crippen LogP contribution in [0.2, 0.25) is 0 Å². The van der Waals surface area contributed by atoms with Gasteiger partial charge in [-0.3, -0.25) is 0 Å². The highest BCUT2D eigenvalue weighted by atomic mass is 79.9. The third kappa shape index (κ3) is 3.06. The molecule has 0 bridgehead atoms. The Morgan fingerprint density at radius 3 is 2.73 bits per heavy atom. The zero-order valence-corrected chi connectivity index (χ0v) is 10.8. The molecule has 1 fully saturated rings. The van der Waals surface area contributed by atoms with Gasteiger partial charge in [-0.25, -0.2) is 0 Å². The standard InChI is InChI=1S/C11H18BrN3/c1-14-9-10(8-11(14)12)2-5-15-6-3-13-4-7-15/h8-9,13H,2-7H2,1H3. The number of aromatic nitrogens is 1. The lowest BCUT2D eigenvalue weighted by Crippen LogP contribution is -2.44. The quantitative estimate of drug-likeness (QED) is 0.893. The first-order valence-corrected chi connectivity index (χ1v) is 6.29. The van der Waals surface area contributed by atoms with Crippen molar-refractivity contribution in [3.05, 3.63) is 22.4 Å². The Bertz CT molecular complexity index is 296. The van der Waals surface area contributed by atoms with Crippen molar-refractivity contribution >= 4 is 15.9 Å². The monoisotopic (exact) mass is 271 g/mol. The second-order valence-corrected chi connectivity index (χ2v) is 4.94. The van der Waals surface area contributed by atoms with Crippen molar-refractivity contribution in [2.24, 2.45) is 7.05 Å². The fraction of sp³-hybridized carbons (Fsp3) is 0.636. The summed E-state index contributed by atoms with van der Waals surface area (Å²) in [5, 5.41) is 3.37. The SMILES string of the molecule is Cn1cc(CCN2CCNCC2)cc1Br. The fourth-order valence-electron chi connectivity index (χ4n) is 1.96. The van der Waals surface area contributed by atoms with Gasteiger partial charge in [-0.2, -0.15) is 0 Å². The van der Waals surface area contributed by atoms with Crippen LogP contribution in [-0.4, -0.2) is 42.2 Å². The predicted molar refractivity (Wildman–Crippen MR) is 66.1 cm³/mol. The number of piperazine rings is 1. The number of halogens is 1. The van der Waals surface area contributed by atoms with Crippen molar-refractivity contribution in [3.63, 3.8) is 0 Å². The number of hydrogen-bond acceptors (Lipinski definition) is 2. The van der Waals surface area contributed by atoms with E-state index in [1.54, 1.807) is 0 Å². The van der Waals surface area contributed by atoms with Crippen molar-refractivity contribution in [2.75, 3.05) is 32.7 Å². The molecule has 0 amide bonds. The molecule has 0 aromatic carbocycles. The minimum absolute atomic E-state index is 1.14. The molecule has 0 unspecified atom stereocenters. The highest BCUT2D eigenvalue weighted by Gasteiger charge is 2.09. The number of nitrogens with one attached hydrogen (secondary N) is 1. The molecule has 0 atom stereocenters. The molecule has 84 valence electrons. The lowest BCUT2D eigenvalue weighted by Gasteiger charge is -2.26. The van der Waals surface area contributed by atoms with Gasteiger partial charge in [-0.1, -0.05) is 0 Å². The molecule has 0 saturated carbocycles. The van der Waals surface area contributed by atoms with E-state index in [-0.39, 0.29) is 0 Å². The Kier molecular flexibility index (Phi) is 3.83. The smallest absolute Gasteiger partial charge is 0.0846 e. The van der Waals surface area contributed by atoms with Crippen LogP contribution in [0.5, 0.6) is 0 Å². The Balaban J connectivity index is 1.81. The fourth-order valence-corrected chi connectivity index (χ4v) is 2.36. The van der Waals surface area contributed by atoms with E-state index in [1.165, 1.54) is 25.2 Å². The molecule has 1 saturated heterocycles. The lowest BCUT2D eigenvalue weighted by molar-refractivity contribution is 0.244. The zero-order chi connectivity index (χ0) is 10.7. The van der Waals surface area contributed by atoms with Crippen molar-refractivity contribution in [1.82, 2.24) is 14.8 Å². The van der Waals surface area contributed by atoms with E-state index in [0.29, 0.717) is 0 Å². The maximum absolute atomic E-state index is 3.52. The molecule has 2 rings (SSSR count). The van der Waals surface area contributed by atoms with Crippen molar-refractivity contribution in [3.8, 4) is 0 Å². The summed E-state index contributed by atoms with van der Waals surface area (Å²) in [7, 11) is 2.07. The molecule has 1 N–H and O–H groups in total. The molecule has 0 spiro atoms. The van der Waals surface area contributed by atoms with E-state index >= 15 is 0 Å². The molecule has 0 radical (unpaired) electrons. The Morgan fingerprint density at radius 1 is 1.40 bits per heavy atom. The first-order chi connectivity index (χ1) is 7.25. The summed E-state index contributed by atoms with van der Waals surface area (Å²) in [4.78, 5) is 2.53. The first-order valence-electron chi connectivity index (χ1n) is 5.49. The normalized spacial score (nSPS) is 18.3. The van der Waals surface area contributed by atoms with E-state index in [2.05, 4.69) is 50.0 Å². The molecule has 0 aliphatic carbocycles. The third-order valence-corrected chi connectivity index (χ3v) is 3.72. The largest absolute Gasteiger partial charge is 0.345 e. The molecule has 1 aliphatic rings. The maximum Gasteiger partial charge on any atom is 0.0846 e. The van der Waals surface area contributed by atoms with Crippen molar-refractivity contribution in [1.29, 1.82) is 0 Å². The number of nitrogens with zero attached hydrogens (tertiary/aromatic N) is 2. The minimum Gasteiger partial charge on any atom is -0.345 e. The molecule has 1 aromatic rings. The van der Waals surface area contributed by atoms with Crippen LogP contribution in [0.25, 0.3) is 0 Å². The van der Waals surface area contributed by atoms with Crippen LogP contribution >= 0.6 is 15.9 Å². The van der Waals surface area contributed by atoms with E-state index in [1.807, 2.05) is 0 Å². The third-order valence-electron chi connectivity index (χ3n) is 2.93. The number of rotatable bonds is 3. The van der Waals surface area contributed by atoms with E-state index in [0.717, 1.165) is 24.1 Å². The second-order valence-electron chi connectivity index (χ2n) is 4.12. The summed E-state index contributed by atoms with van der Waals surface area (Å²) in [5.41, 5.74) is 1.42. The second kappa shape index (κ2) is 5.14. The average Bonchev–Trinajstić information content (AvgIpc) is 2.57. The highest BCUT2D eigenvalue weighted by Crippen LogP contribution is 2.14. The maximum atomic E-state index is 3.52. The molecular weight excluding hydrogens is 254 g/mol. The first kappa shape index (κ1) is 11.2. The van der Waals surface area contributed by atoms with Gasteiger partial charge in [0.1, 0.15) is 0 Å². The number of aryl methyl sites for hydroxylation is 1. The van der Waals surface area contributed by atoms with E-state index in [9.17, 15) is 0 Å². The van der Waals surface area contributed by atoms with Crippen LogP contribution in [0.15, 0.2) is 16.9 Å². The summed E-state index contributed by atoms with van der Waals surface area (Å²) in [6, 6.07) is 2.21. The summed E-state index contributed by atoms with van der Waals surface area (Å²) in [6.45, 7) is 5.83. The Hall–Kier alpha value is -0.320. The van der Waals surface area contributed by atoms with Crippen molar-refractivity contribution < 1.29 is 0 Å². The van der Waals surface area contributed by atoms with Crippen LogP contribution in [-0.2, 0) is 13.5 Å². The van der Waals surface area contributed by atoms with Crippen LogP contribution < -0.4 is 5.32 Å². The highest BCUT2D eigenvalue weighted by molar-refractivity contribution is 9.10. The molecule has 15 heavy (non-hydrogen) atoms. The van der Waals surface area contributed by atoms with Crippen molar-refractivity contribution in [2.45, 2.75) is 6.42 Å². The Morgan fingerprint density at radius 2 is 2.13 bits per heavy atom. The Labute approximate surface area is 99.6 Å². The van der Waals surface area contributed by atoms with Gasteiger partial charge in [-0.15, -0.1) is 0 Å². The predicted octanol–water partition coefficient (Wildman–Crippen LogP) is 1.24. The van der Waals surface area contributed by atoms with Gasteiger partial charge in [-0.05, 0) is 34.0 Å². The van der Waals surface area contributed by atoms with Crippen LogP contribution in [0.3, 0.4) is 0 Å². The van der Waals surface area contributed by atoms with Gasteiger partial charge in [0.2, 0.25) is 0 Å². The summed E-state index contributed by atoms with van der Waals surface area (Å²) < 4.78 is 3.28. The van der Waals surface area contributed by atoms with Gasteiger partial charge in [0.15, 0.2) is 0 Å². The van der Waals surface area contributed by atoms with Gasteiger partial charge >= 0.3 is 0 Å². The van der Waals surface area contributed by atoms with Crippen LogP contribution in [0.1, 0.15) is 5.56 Å². The summed E-state index contributed by atoms with van der Waals surface area (Å²) in [5.74, 6) is 0. The summed E-state index contributed by atoms with van der Waals surface area (Å²) in [6.07, 6.45) is 3.35. The van der Waals surface area contributed by atoms with Gasteiger partial charge in [0.05, 0.1) is 4.60 Å². The zero-order valence-electron chi connectivity index (χ0n) is 9.17. The molecule has 1 aromatic heterocycles. The molecule has 1 aliphatic heterocycles. The van der Waals surface area contributed by atoms with Crippen LogP contribution in [0.4, 0.5) is 0 Å². The number of hydrogen-bond donors (Lipinski definition) is 1. The molecule has 2 heterocycles. The van der Waals surface area contributed by atoms with E-state index in [4.69, 9.17) is 0 Å². The molecule has 4 heteroatoms.